The van der Waals surface area contributed by atoms with Gasteiger partial charge in [0.2, 0.25) is 0 Å². The summed E-state index contributed by atoms with van der Waals surface area (Å²) in [7, 11) is 1.57. The molecular formula is C32H29Cl2N3O6S. The number of aromatic nitrogens is 1. The van der Waals surface area contributed by atoms with Gasteiger partial charge in [-0.3, -0.25) is 14.2 Å². The fourth-order valence-electron chi connectivity index (χ4n) is 5.37. The number of amides is 1. The molecule has 0 fully saturated rings. The summed E-state index contributed by atoms with van der Waals surface area (Å²) in [4.78, 5) is 46.2. The number of likely N-dealkylation sites (N-methyl/N-ethyl adjacent to an activating group) is 1. The van der Waals surface area contributed by atoms with Crippen LogP contribution in [0.2, 0.25) is 10.0 Å². The first-order valence-corrected chi connectivity index (χ1v) is 15.4. The summed E-state index contributed by atoms with van der Waals surface area (Å²) in [5.41, 5.74) is 1.75. The lowest BCUT2D eigenvalue weighted by Crippen LogP contribution is -2.43. The maximum Gasteiger partial charge on any atom is 0.341 e. The molecule has 1 amide bonds. The van der Waals surface area contributed by atoms with Gasteiger partial charge in [-0.05, 0) is 61.4 Å². The molecule has 0 spiro atoms. The highest BCUT2D eigenvalue weighted by Crippen LogP contribution is 2.40. The van der Waals surface area contributed by atoms with E-state index in [1.54, 1.807) is 29.6 Å². The molecule has 1 N–H and O–H groups in total. The molecule has 1 aliphatic rings. The third kappa shape index (κ3) is 5.72. The number of hydrogen-bond acceptors (Lipinski definition) is 7. The predicted molar refractivity (Wildman–Crippen MR) is 172 cm³/mol. The van der Waals surface area contributed by atoms with Crippen molar-refractivity contribution in [3.05, 3.63) is 101 Å². The SMILES string of the molecule is CCN(CC)C(=O)C1=C(C)N=c2s/c(=C/c3cc(Cl)c(OCC(=O)O)c(Cl)c3)c(=O)n2[C@H]1c1c(OC)ccc2ccccc12. The van der Waals surface area contributed by atoms with Gasteiger partial charge in [-0.2, -0.15) is 0 Å². The molecule has 0 bridgehead atoms. The molecule has 0 aliphatic carbocycles. The van der Waals surface area contributed by atoms with Gasteiger partial charge in [0.1, 0.15) is 11.8 Å². The first kappa shape index (κ1) is 31.3. The molecule has 1 aliphatic heterocycles. The number of carbonyl (C=O) groups excluding carboxylic acids is 1. The minimum atomic E-state index is -1.17. The summed E-state index contributed by atoms with van der Waals surface area (Å²) >= 11 is 13.9. The topological polar surface area (TPSA) is 110 Å². The van der Waals surface area contributed by atoms with Crippen LogP contribution in [0, 0.1) is 0 Å². The highest BCUT2D eigenvalue weighted by Gasteiger charge is 2.36. The fraction of sp³-hybridized carbons (Fsp3) is 0.250. The van der Waals surface area contributed by atoms with Crippen molar-refractivity contribution in [1.82, 2.24) is 9.47 Å². The zero-order valence-corrected chi connectivity index (χ0v) is 26.7. The fourth-order valence-corrected chi connectivity index (χ4v) is 7.03. The summed E-state index contributed by atoms with van der Waals surface area (Å²) in [6.07, 6.45) is 1.63. The van der Waals surface area contributed by atoms with E-state index in [0.717, 1.165) is 10.8 Å². The number of fused-ring (bicyclic) bond motifs is 2. The number of carboxylic acid groups (broad SMARTS) is 1. The Morgan fingerprint density at radius 3 is 2.43 bits per heavy atom. The van der Waals surface area contributed by atoms with Gasteiger partial charge in [0.15, 0.2) is 17.2 Å². The Morgan fingerprint density at radius 1 is 1.11 bits per heavy atom. The third-order valence-corrected chi connectivity index (χ3v) is 8.93. The van der Waals surface area contributed by atoms with E-state index in [1.807, 2.05) is 50.2 Å². The number of nitrogens with zero attached hydrogens (tertiary/aromatic N) is 3. The quantitative estimate of drug-likeness (QED) is 0.271. The number of methoxy groups -OCH3 is 1. The summed E-state index contributed by atoms with van der Waals surface area (Å²) in [5.74, 6) is -0.805. The van der Waals surface area contributed by atoms with Crippen LogP contribution in [-0.2, 0) is 9.59 Å². The van der Waals surface area contributed by atoms with Gasteiger partial charge < -0.3 is 19.5 Å². The molecule has 0 saturated carbocycles. The van der Waals surface area contributed by atoms with Gasteiger partial charge in [-0.1, -0.05) is 64.9 Å². The number of allylic oxidation sites excluding steroid dienone is 1. The molecule has 0 unspecified atom stereocenters. The highest BCUT2D eigenvalue weighted by atomic mass is 35.5. The molecule has 5 rings (SSSR count). The van der Waals surface area contributed by atoms with Crippen LogP contribution in [0.4, 0.5) is 0 Å². The zero-order valence-electron chi connectivity index (χ0n) is 24.4. The number of hydrogen-bond donors (Lipinski definition) is 1. The van der Waals surface area contributed by atoms with E-state index in [0.29, 0.717) is 50.6 Å². The Bertz CT molecular complexity index is 1990. The van der Waals surface area contributed by atoms with E-state index in [9.17, 15) is 14.4 Å². The van der Waals surface area contributed by atoms with Crippen LogP contribution in [0.3, 0.4) is 0 Å². The summed E-state index contributed by atoms with van der Waals surface area (Å²) in [6.45, 7) is 5.98. The number of carbonyl (C=O) groups is 2. The largest absolute Gasteiger partial charge is 0.496 e. The summed E-state index contributed by atoms with van der Waals surface area (Å²) in [5, 5.41) is 10.9. The maximum atomic E-state index is 14.3. The molecule has 0 radical (unpaired) electrons. The smallest absolute Gasteiger partial charge is 0.341 e. The van der Waals surface area contributed by atoms with Gasteiger partial charge in [-0.25, -0.2) is 9.79 Å². The molecule has 2 heterocycles. The van der Waals surface area contributed by atoms with Crippen LogP contribution < -0.4 is 24.4 Å². The Morgan fingerprint density at radius 2 is 1.80 bits per heavy atom. The third-order valence-electron chi connectivity index (χ3n) is 7.39. The number of aliphatic carboxylic acids is 1. The summed E-state index contributed by atoms with van der Waals surface area (Å²) < 4.78 is 12.9. The number of rotatable bonds is 9. The second-order valence-corrected chi connectivity index (χ2v) is 11.8. The van der Waals surface area contributed by atoms with Crippen molar-refractivity contribution >= 4 is 63.3 Å². The van der Waals surface area contributed by atoms with E-state index >= 15 is 0 Å². The van der Waals surface area contributed by atoms with E-state index in [1.165, 1.54) is 23.5 Å². The van der Waals surface area contributed by atoms with Crippen molar-refractivity contribution in [1.29, 1.82) is 0 Å². The van der Waals surface area contributed by atoms with Crippen molar-refractivity contribution in [2.75, 3.05) is 26.8 Å². The van der Waals surface area contributed by atoms with Gasteiger partial charge in [-0.15, -0.1) is 0 Å². The first-order chi connectivity index (χ1) is 21.1. The van der Waals surface area contributed by atoms with Crippen LogP contribution in [0.5, 0.6) is 11.5 Å². The standard InChI is InChI=1S/C32H29Cl2N3O6S/c1-5-36(6-2)31(41)26-17(3)35-32-37(28(26)27-20-10-8-7-9-19(20)11-12-23(27)42-4)30(40)24(44-32)15-18-13-21(33)29(22(34)14-18)43-16-25(38)39/h7-15,28H,5-6,16H2,1-4H3,(H,38,39)/b24-15+/t28-/m1/s1. The van der Waals surface area contributed by atoms with Crippen LogP contribution in [0.25, 0.3) is 16.8 Å². The van der Waals surface area contributed by atoms with Crippen molar-refractivity contribution in [2.45, 2.75) is 26.8 Å². The van der Waals surface area contributed by atoms with Crippen molar-refractivity contribution in [3.63, 3.8) is 0 Å². The Labute approximate surface area is 266 Å². The summed E-state index contributed by atoms with van der Waals surface area (Å²) in [6, 6.07) is 13.8. The van der Waals surface area contributed by atoms with Crippen LogP contribution in [0.15, 0.2) is 69.6 Å². The number of halogens is 2. The molecule has 1 atom stereocenters. The molecule has 44 heavy (non-hydrogen) atoms. The monoisotopic (exact) mass is 653 g/mol. The van der Waals surface area contributed by atoms with Crippen molar-refractivity contribution in [2.24, 2.45) is 4.99 Å². The lowest BCUT2D eigenvalue weighted by atomic mass is 9.90. The Hall–Kier alpha value is -4.12. The van der Waals surface area contributed by atoms with Crippen LogP contribution in [0.1, 0.15) is 37.9 Å². The number of carboxylic acids is 1. The first-order valence-electron chi connectivity index (χ1n) is 13.8. The lowest BCUT2D eigenvalue weighted by molar-refractivity contribution is -0.139. The second-order valence-electron chi connectivity index (χ2n) is 9.96. The molecule has 3 aromatic carbocycles. The molecule has 228 valence electrons. The van der Waals surface area contributed by atoms with E-state index < -0.39 is 18.6 Å². The van der Waals surface area contributed by atoms with Crippen molar-refractivity contribution < 1.29 is 24.2 Å². The molecule has 1 aromatic heterocycles. The lowest BCUT2D eigenvalue weighted by Gasteiger charge is -2.30. The normalized spacial score (nSPS) is 14.8. The minimum absolute atomic E-state index is 0.0348. The average molecular weight is 655 g/mol. The molecule has 12 heteroatoms. The van der Waals surface area contributed by atoms with Crippen LogP contribution in [-0.4, -0.2) is 53.3 Å². The molecule has 4 aromatic rings. The molecule has 9 nitrogen and oxygen atoms in total. The van der Waals surface area contributed by atoms with E-state index in [4.69, 9.17) is 42.8 Å². The van der Waals surface area contributed by atoms with E-state index in [-0.39, 0.29) is 27.3 Å². The zero-order chi connectivity index (χ0) is 31.7. The minimum Gasteiger partial charge on any atom is -0.496 e. The second kappa shape index (κ2) is 12.9. The Balaban J connectivity index is 1.77. The predicted octanol–water partition coefficient (Wildman–Crippen LogP) is 5.04. The van der Waals surface area contributed by atoms with E-state index in [2.05, 4.69) is 0 Å². The molecular weight excluding hydrogens is 625 g/mol. The van der Waals surface area contributed by atoms with Gasteiger partial charge in [0.25, 0.3) is 11.5 Å². The average Bonchev–Trinajstić information content (AvgIpc) is 3.29. The number of ether oxygens (including phenoxy) is 2. The van der Waals surface area contributed by atoms with Gasteiger partial charge in [0, 0.05) is 18.7 Å². The number of benzene rings is 3. The number of thiazole rings is 1. The van der Waals surface area contributed by atoms with Gasteiger partial charge >= 0.3 is 5.97 Å². The van der Waals surface area contributed by atoms with Crippen LogP contribution >= 0.6 is 34.5 Å². The Kier molecular flexibility index (Phi) is 9.15. The van der Waals surface area contributed by atoms with Crippen molar-refractivity contribution in [3.8, 4) is 11.5 Å². The maximum absolute atomic E-state index is 14.3. The highest BCUT2D eigenvalue weighted by molar-refractivity contribution is 7.07. The van der Waals surface area contributed by atoms with Gasteiger partial charge in [0.05, 0.1) is 33.0 Å². The molecule has 0 saturated heterocycles.